The van der Waals surface area contributed by atoms with Gasteiger partial charge in [-0.25, -0.2) is 4.79 Å². The lowest BCUT2D eigenvalue weighted by Gasteiger charge is -2.28. The minimum atomic E-state index is -0.285. The molecular weight excluding hydrogens is 348 g/mol. The average Bonchev–Trinajstić information content (AvgIpc) is 3.21. The summed E-state index contributed by atoms with van der Waals surface area (Å²) in [5.74, 6) is 0. The first-order chi connectivity index (χ1) is 13.6. The molecule has 1 N–H and O–H groups in total. The van der Waals surface area contributed by atoms with Crippen molar-refractivity contribution < 1.29 is 4.42 Å². The number of hydrogen-bond donors (Lipinski definition) is 1. The van der Waals surface area contributed by atoms with Gasteiger partial charge in [0.05, 0.1) is 0 Å². The summed E-state index contributed by atoms with van der Waals surface area (Å²) in [6, 6.07) is 16.8. The number of nitrogens with one attached hydrogen (secondary N) is 1. The van der Waals surface area contributed by atoms with E-state index in [0.29, 0.717) is 18.2 Å². The van der Waals surface area contributed by atoms with Crippen LogP contribution in [-0.2, 0) is 6.54 Å². The summed E-state index contributed by atoms with van der Waals surface area (Å²) in [6.45, 7) is 7.95. The van der Waals surface area contributed by atoms with Crippen molar-refractivity contribution in [2.24, 2.45) is 0 Å². The van der Waals surface area contributed by atoms with Crippen molar-refractivity contribution in [3.8, 4) is 0 Å². The first-order valence-electron chi connectivity index (χ1n) is 10.2. The molecule has 146 valence electrons. The normalized spacial score (nSPS) is 15.9. The second-order valence-electron chi connectivity index (χ2n) is 7.82. The molecule has 2 aromatic carbocycles. The Balaban J connectivity index is 1.55. The molecule has 1 fully saturated rings. The van der Waals surface area contributed by atoms with Gasteiger partial charge in [0.1, 0.15) is 5.58 Å². The summed E-state index contributed by atoms with van der Waals surface area (Å²) in [5, 5.41) is 4.63. The summed E-state index contributed by atoms with van der Waals surface area (Å²) >= 11 is 0. The zero-order chi connectivity index (χ0) is 19.5. The smallest absolute Gasteiger partial charge is 0.336 e. The zero-order valence-corrected chi connectivity index (χ0v) is 16.7. The summed E-state index contributed by atoms with van der Waals surface area (Å²) in [7, 11) is 0. The quantitative estimate of drug-likeness (QED) is 0.650. The van der Waals surface area contributed by atoms with Crippen LogP contribution in [0.4, 0.5) is 0 Å². The maximum Gasteiger partial charge on any atom is 0.336 e. The van der Waals surface area contributed by atoms with E-state index in [1.807, 2.05) is 13.0 Å². The molecule has 4 heteroatoms. The van der Waals surface area contributed by atoms with Crippen molar-refractivity contribution in [1.29, 1.82) is 0 Å². The summed E-state index contributed by atoms with van der Waals surface area (Å²) in [4.78, 5) is 14.6. The molecular formula is C24H28N2O2. The molecule has 0 bridgehead atoms. The molecule has 1 aromatic heterocycles. The van der Waals surface area contributed by atoms with E-state index in [0.717, 1.165) is 36.1 Å². The Kier molecular flexibility index (Phi) is 5.60. The molecule has 1 aliphatic rings. The second kappa shape index (κ2) is 8.29. The van der Waals surface area contributed by atoms with Crippen LogP contribution in [0.5, 0.6) is 0 Å². The van der Waals surface area contributed by atoms with Crippen molar-refractivity contribution in [2.75, 3.05) is 19.6 Å². The summed E-state index contributed by atoms with van der Waals surface area (Å²) in [6.07, 6.45) is 2.54. The van der Waals surface area contributed by atoms with Gasteiger partial charge in [-0.1, -0.05) is 30.3 Å². The Morgan fingerprint density at radius 1 is 1.04 bits per heavy atom. The minimum absolute atomic E-state index is 0.285. The van der Waals surface area contributed by atoms with Gasteiger partial charge < -0.3 is 9.73 Å². The number of hydrogen-bond acceptors (Lipinski definition) is 4. The molecule has 0 saturated carbocycles. The van der Waals surface area contributed by atoms with Crippen LogP contribution in [0.1, 0.15) is 41.1 Å². The van der Waals surface area contributed by atoms with Gasteiger partial charge in [-0.15, -0.1) is 0 Å². The van der Waals surface area contributed by atoms with Gasteiger partial charge in [-0.05, 0) is 74.2 Å². The molecule has 4 nitrogen and oxygen atoms in total. The van der Waals surface area contributed by atoms with Gasteiger partial charge >= 0.3 is 5.63 Å². The topological polar surface area (TPSA) is 45.5 Å². The van der Waals surface area contributed by atoms with E-state index in [1.165, 1.54) is 24.0 Å². The predicted molar refractivity (Wildman–Crippen MR) is 114 cm³/mol. The van der Waals surface area contributed by atoms with Crippen LogP contribution >= 0.6 is 0 Å². The molecule has 0 radical (unpaired) electrons. The van der Waals surface area contributed by atoms with Crippen molar-refractivity contribution >= 4 is 11.0 Å². The first-order valence-corrected chi connectivity index (χ1v) is 10.2. The molecule has 0 aliphatic carbocycles. The maximum atomic E-state index is 12.0. The predicted octanol–water partition coefficient (Wildman–Crippen LogP) is 4.34. The highest BCUT2D eigenvalue weighted by atomic mass is 16.4. The molecule has 1 saturated heterocycles. The minimum Gasteiger partial charge on any atom is -0.423 e. The standard InChI is InChI=1S/C24H28N2O2/c1-17-12-21-20(14-24(27)28-23(21)13-18(17)2)15-25-16-22(26-10-6-7-11-26)19-8-4-3-5-9-19/h3-5,8-9,12-14,22,25H,6-7,10-11,15-16H2,1-2H3/t22-/m0/s1. The zero-order valence-electron chi connectivity index (χ0n) is 16.7. The molecule has 3 aromatic rings. The lowest BCUT2D eigenvalue weighted by atomic mass is 10.0. The van der Waals surface area contributed by atoms with Crippen LogP contribution < -0.4 is 10.9 Å². The van der Waals surface area contributed by atoms with Crippen molar-refractivity contribution in [1.82, 2.24) is 10.2 Å². The largest absolute Gasteiger partial charge is 0.423 e. The van der Waals surface area contributed by atoms with E-state index in [1.54, 1.807) is 6.07 Å². The SMILES string of the molecule is Cc1cc2oc(=O)cc(CNC[C@@H](c3ccccc3)N3CCCC3)c2cc1C. The monoisotopic (exact) mass is 376 g/mol. The molecule has 0 spiro atoms. The van der Waals surface area contributed by atoms with Crippen LogP contribution in [0.2, 0.25) is 0 Å². The van der Waals surface area contributed by atoms with E-state index in [9.17, 15) is 4.79 Å². The van der Waals surface area contributed by atoms with Crippen LogP contribution in [0, 0.1) is 13.8 Å². The third kappa shape index (κ3) is 4.03. The molecule has 4 rings (SSSR count). The average molecular weight is 377 g/mol. The van der Waals surface area contributed by atoms with Crippen LogP contribution in [0.25, 0.3) is 11.0 Å². The Morgan fingerprint density at radius 3 is 2.50 bits per heavy atom. The summed E-state index contributed by atoms with van der Waals surface area (Å²) < 4.78 is 5.42. The highest BCUT2D eigenvalue weighted by Crippen LogP contribution is 2.25. The van der Waals surface area contributed by atoms with Gasteiger partial charge in [0.15, 0.2) is 0 Å². The molecule has 1 atom stereocenters. The number of likely N-dealkylation sites (tertiary alicyclic amines) is 1. The fourth-order valence-electron chi connectivity index (χ4n) is 4.16. The van der Waals surface area contributed by atoms with E-state index >= 15 is 0 Å². The molecule has 0 amide bonds. The number of rotatable bonds is 6. The van der Waals surface area contributed by atoms with E-state index in [-0.39, 0.29) is 5.63 Å². The fraction of sp³-hybridized carbons (Fsp3) is 0.375. The van der Waals surface area contributed by atoms with E-state index < -0.39 is 0 Å². The van der Waals surface area contributed by atoms with Crippen LogP contribution in [0.3, 0.4) is 0 Å². The molecule has 1 aliphatic heterocycles. The van der Waals surface area contributed by atoms with Crippen LogP contribution in [-0.4, -0.2) is 24.5 Å². The third-order valence-corrected chi connectivity index (χ3v) is 5.86. The Bertz CT molecular complexity index is 1000. The lowest BCUT2D eigenvalue weighted by molar-refractivity contribution is 0.238. The third-order valence-electron chi connectivity index (χ3n) is 5.86. The summed E-state index contributed by atoms with van der Waals surface area (Å²) in [5.41, 5.74) is 5.09. The number of aryl methyl sites for hydroxylation is 2. The fourth-order valence-corrected chi connectivity index (χ4v) is 4.16. The molecule has 28 heavy (non-hydrogen) atoms. The van der Waals surface area contributed by atoms with Gasteiger partial charge in [0, 0.05) is 30.6 Å². The Hall–Kier alpha value is -2.43. The van der Waals surface area contributed by atoms with Crippen molar-refractivity contribution in [2.45, 2.75) is 39.3 Å². The van der Waals surface area contributed by atoms with Crippen molar-refractivity contribution in [3.05, 3.63) is 81.2 Å². The Morgan fingerprint density at radius 2 is 1.75 bits per heavy atom. The second-order valence-corrected chi connectivity index (χ2v) is 7.82. The maximum absolute atomic E-state index is 12.0. The van der Waals surface area contributed by atoms with E-state index in [2.05, 4.69) is 53.5 Å². The van der Waals surface area contributed by atoms with Crippen molar-refractivity contribution in [3.63, 3.8) is 0 Å². The van der Waals surface area contributed by atoms with Gasteiger partial charge in [-0.2, -0.15) is 0 Å². The highest BCUT2D eigenvalue weighted by molar-refractivity contribution is 5.81. The van der Waals surface area contributed by atoms with Gasteiger partial charge in [0.2, 0.25) is 0 Å². The number of nitrogens with zero attached hydrogens (tertiary/aromatic N) is 1. The molecule has 2 heterocycles. The van der Waals surface area contributed by atoms with Gasteiger partial charge in [-0.3, -0.25) is 4.90 Å². The van der Waals surface area contributed by atoms with E-state index in [4.69, 9.17) is 4.42 Å². The van der Waals surface area contributed by atoms with Gasteiger partial charge in [0.25, 0.3) is 0 Å². The molecule has 0 unspecified atom stereocenters. The number of fused-ring (bicyclic) bond motifs is 1. The van der Waals surface area contributed by atoms with Crippen LogP contribution in [0.15, 0.2) is 57.7 Å². The lowest BCUT2D eigenvalue weighted by Crippen LogP contribution is -2.34. The first kappa shape index (κ1) is 18.9. The Labute approximate surface area is 166 Å². The number of benzene rings is 2. The highest BCUT2D eigenvalue weighted by Gasteiger charge is 2.23.